The molecule has 0 saturated heterocycles. The molecule has 0 aromatic rings. The zero-order valence-electron chi connectivity index (χ0n) is 6.24. The van der Waals surface area contributed by atoms with Crippen LogP contribution in [0.3, 0.4) is 0 Å². The summed E-state index contributed by atoms with van der Waals surface area (Å²) in [6.45, 7) is 3.13. The molecular formula is C6H9NO3S. The van der Waals surface area contributed by atoms with E-state index in [0.29, 0.717) is 0 Å². The molecule has 0 heterocycles. The highest BCUT2D eigenvalue weighted by Gasteiger charge is 2.31. The number of hydrogen-bond donors (Lipinski definition) is 2. The Morgan fingerprint density at radius 2 is 2.18 bits per heavy atom. The number of aliphatic carboxylic acids is 1. The van der Waals surface area contributed by atoms with Crippen LogP contribution in [0, 0.1) is 0 Å². The van der Waals surface area contributed by atoms with Gasteiger partial charge < -0.3 is 5.11 Å². The molecule has 0 bridgehead atoms. The van der Waals surface area contributed by atoms with Gasteiger partial charge >= 0.3 is 5.97 Å². The summed E-state index contributed by atoms with van der Waals surface area (Å²) in [4.78, 5) is 23.3. The second-order valence-corrected chi connectivity index (χ2v) is 3.77. The van der Waals surface area contributed by atoms with E-state index in [1.165, 1.54) is 6.08 Å². The average molecular weight is 175 g/mol. The van der Waals surface area contributed by atoms with E-state index in [-0.39, 0.29) is 0 Å². The van der Waals surface area contributed by atoms with Gasteiger partial charge in [-0.25, -0.2) is 9.59 Å². The van der Waals surface area contributed by atoms with E-state index in [4.69, 9.17) is 5.11 Å². The third-order valence-electron chi connectivity index (χ3n) is 1.08. The van der Waals surface area contributed by atoms with Crippen molar-refractivity contribution in [1.82, 2.24) is 0 Å². The molecule has 5 heteroatoms. The van der Waals surface area contributed by atoms with Crippen LogP contribution in [-0.4, -0.2) is 27.9 Å². The van der Waals surface area contributed by atoms with Gasteiger partial charge in [-0.05, 0) is 13.8 Å². The summed E-state index contributed by atoms with van der Waals surface area (Å²) in [5.74, 6) is -1.17. The lowest BCUT2D eigenvalue weighted by molar-refractivity contribution is -0.138. The number of carbonyl (C=O) groups excluding carboxylic acids is 1. The predicted octanol–water partition coefficient (Wildman–Crippen LogP) is 0.484. The van der Waals surface area contributed by atoms with E-state index in [9.17, 15) is 9.59 Å². The molecule has 1 atom stereocenters. The molecule has 0 radical (unpaired) electrons. The molecule has 0 fully saturated rings. The molecule has 0 saturated carbocycles. The zero-order valence-corrected chi connectivity index (χ0v) is 7.13. The van der Waals surface area contributed by atoms with Gasteiger partial charge in [0.25, 0.3) is 0 Å². The molecular weight excluding hydrogens is 166 g/mol. The highest BCUT2D eigenvalue weighted by molar-refractivity contribution is 7.81. The molecule has 0 aromatic heterocycles. The van der Waals surface area contributed by atoms with Crippen molar-refractivity contribution in [3.8, 4) is 0 Å². The Balaban J connectivity index is 4.61. The van der Waals surface area contributed by atoms with Crippen LogP contribution < -0.4 is 0 Å². The second kappa shape index (κ2) is 3.55. The van der Waals surface area contributed by atoms with Gasteiger partial charge in [-0.2, -0.15) is 17.6 Å². The van der Waals surface area contributed by atoms with Crippen molar-refractivity contribution in [1.29, 1.82) is 0 Å². The van der Waals surface area contributed by atoms with Crippen LogP contribution in [0.15, 0.2) is 4.99 Å². The van der Waals surface area contributed by atoms with Gasteiger partial charge in [0.15, 0.2) is 6.04 Å². The number of carbonyl (C=O) groups is 1. The Morgan fingerprint density at radius 1 is 1.73 bits per heavy atom. The van der Waals surface area contributed by atoms with Gasteiger partial charge in [0.05, 0.1) is 0 Å². The van der Waals surface area contributed by atoms with Crippen molar-refractivity contribution < 1.29 is 14.7 Å². The quantitative estimate of drug-likeness (QED) is 0.372. The van der Waals surface area contributed by atoms with Gasteiger partial charge in [0.2, 0.25) is 6.08 Å². The Labute approximate surface area is 69.7 Å². The average Bonchev–Trinajstić information content (AvgIpc) is 1.79. The predicted molar refractivity (Wildman–Crippen MR) is 42.6 cm³/mol. The van der Waals surface area contributed by atoms with Crippen LogP contribution in [0.4, 0.5) is 0 Å². The van der Waals surface area contributed by atoms with Gasteiger partial charge in [0, 0.05) is 4.75 Å². The van der Waals surface area contributed by atoms with Crippen molar-refractivity contribution in [3.05, 3.63) is 0 Å². The highest BCUT2D eigenvalue weighted by Crippen LogP contribution is 2.20. The standard InChI is InChI=1S/C6H9NO3S/c1-6(2,11)4(5(9)10)7-3-8/h4,11H,1-2H3,(H,9,10)/t4-/m1/s1. The molecule has 62 valence electrons. The van der Waals surface area contributed by atoms with Crippen molar-refractivity contribution in [3.63, 3.8) is 0 Å². The van der Waals surface area contributed by atoms with E-state index in [1.54, 1.807) is 13.8 Å². The van der Waals surface area contributed by atoms with E-state index in [0.717, 1.165) is 0 Å². The molecule has 0 amide bonds. The SMILES string of the molecule is CC(C)(S)[C@H](N=C=O)C(=O)O. The second-order valence-electron chi connectivity index (χ2n) is 2.61. The van der Waals surface area contributed by atoms with Crippen molar-refractivity contribution >= 4 is 24.7 Å². The summed E-state index contributed by atoms with van der Waals surface area (Å²) >= 11 is 3.97. The van der Waals surface area contributed by atoms with E-state index >= 15 is 0 Å². The van der Waals surface area contributed by atoms with E-state index in [2.05, 4.69) is 17.6 Å². The fourth-order valence-electron chi connectivity index (χ4n) is 0.568. The first-order valence-corrected chi connectivity index (χ1v) is 3.36. The van der Waals surface area contributed by atoms with Crippen LogP contribution in [0.2, 0.25) is 0 Å². The summed E-state index contributed by atoms with van der Waals surface area (Å²) < 4.78 is -0.844. The molecule has 1 N–H and O–H groups in total. The zero-order chi connectivity index (χ0) is 9.07. The molecule has 0 rings (SSSR count). The highest BCUT2D eigenvalue weighted by atomic mass is 32.1. The summed E-state index contributed by atoms with van der Waals surface area (Å²) in [5, 5.41) is 8.52. The molecule has 0 spiro atoms. The monoisotopic (exact) mass is 175 g/mol. The maximum atomic E-state index is 10.4. The van der Waals surface area contributed by atoms with Crippen LogP contribution in [0.1, 0.15) is 13.8 Å². The Kier molecular flexibility index (Phi) is 3.29. The largest absolute Gasteiger partial charge is 0.480 e. The normalized spacial score (nSPS) is 13.4. The van der Waals surface area contributed by atoms with Crippen molar-refractivity contribution in [2.45, 2.75) is 24.6 Å². The summed E-state index contributed by atoms with van der Waals surface area (Å²) in [6.07, 6.45) is 1.20. The summed E-state index contributed by atoms with van der Waals surface area (Å²) in [5.41, 5.74) is 0. The first-order valence-electron chi connectivity index (χ1n) is 2.91. The molecule has 11 heavy (non-hydrogen) atoms. The van der Waals surface area contributed by atoms with Crippen LogP contribution in [-0.2, 0) is 9.59 Å². The third kappa shape index (κ3) is 3.20. The minimum Gasteiger partial charge on any atom is -0.480 e. The molecule has 0 aliphatic rings. The van der Waals surface area contributed by atoms with Crippen molar-refractivity contribution in [2.75, 3.05) is 0 Å². The van der Waals surface area contributed by atoms with E-state index in [1.807, 2.05) is 0 Å². The fourth-order valence-corrected chi connectivity index (χ4v) is 0.736. The smallest absolute Gasteiger partial charge is 0.330 e. The Morgan fingerprint density at radius 3 is 2.27 bits per heavy atom. The van der Waals surface area contributed by atoms with Crippen LogP contribution in [0.5, 0.6) is 0 Å². The number of thiol groups is 1. The summed E-state index contributed by atoms with van der Waals surface area (Å²) in [6, 6.07) is -1.14. The van der Waals surface area contributed by atoms with E-state index < -0.39 is 16.8 Å². The van der Waals surface area contributed by atoms with Crippen LogP contribution in [0.25, 0.3) is 0 Å². The topological polar surface area (TPSA) is 66.7 Å². The Bertz CT molecular complexity index is 200. The molecule has 0 aromatic carbocycles. The molecule has 0 aliphatic heterocycles. The number of isocyanates is 1. The third-order valence-corrected chi connectivity index (χ3v) is 1.33. The lowest BCUT2D eigenvalue weighted by Crippen LogP contribution is -2.36. The molecule has 0 aliphatic carbocycles. The number of carboxylic acid groups (broad SMARTS) is 1. The minimum atomic E-state index is -1.17. The molecule has 4 nitrogen and oxygen atoms in total. The number of aliphatic imine (C=N–C) groups is 1. The minimum absolute atomic E-state index is 0.844. The summed E-state index contributed by atoms with van der Waals surface area (Å²) in [7, 11) is 0. The lowest BCUT2D eigenvalue weighted by Gasteiger charge is -2.20. The number of nitrogens with zero attached hydrogens (tertiary/aromatic N) is 1. The van der Waals surface area contributed by atoms with Gasteiger partial charge in [-0.15, -0.1) is 0 Å². The lowest BCUT2D eigenvalue weighted by atomic mass is 10.0. The van der Waals surface area contributed by atoms with Gasteiger partial charge in [-0.3, -0.25) is 0 Å². The number of rotatable bonds is 3. The number of carboxylic acids is 1. The Hall–Kier alpha value is -0.800. The fraction of sp³-hybridized carbons (Fsp3) is 0.667. The van der Waals surface area contributed by atoms with Crippen LogP contribution >= 0.6 is 12.6 Å². The van der Waals surface area contributed by atoms with Crippen molar-refractivity contribution in [2.24, 2.45) is 4.99 Å². The maximum absolute atomic E-state index is 10.4. The first kappa shape index (κ1) is 10.2. The van der Waals surface area contributed by atoms with Gasteiger partial charge in [-0.1, -0.05) is 0 Å². The first-order chi connectivity index (χ1) is 4.89. The molecule has 0 unspecified atom stereocenters. The maximum Gasteiger partial charge on any atom is 0.330 e. The van der Waals surface area contributed by atoms with Gasteiger partial charge in [0.1, 0.15) is 0 Å². The number of hydrogen-bond acceptors (Lipinski definition) is 4.